The Balaban J connectivity index is 5.97. The molecule has 2 unspecified atom stereocenters. The first-order chi connectivity index (χ1) is 8.10. The third kappa shape index (κ3) is 2.45. The highest BCUT2D eigenvalue weighted by Crippen LogP contribution is 2.47. The quantitative estimate of drug-likeness (QED) is 0.578. The SMILES string of the molecule is COC(=O)C(Cl)(C(C)C)C(Cl)(C(=O)OC)C(C)C. The number of carbonyl (C=O) groups excluding carboxylic acids is 2. The second-order valence-electron chi connectivity index (χ2n) is 4.72. The summed E-state index contributed by atoms with van der Waals surface area (Å²) >= 11 is 12.8. The van der Waals surface area contributed by atoms with E-state index in [4.69, 9.17) is 32.7 Å². The predicted molar refractivity (Wildman–Crippen MR) is 70.9 cm³/mol. The lowest BCUT2D eigenvalue weighted by atomic mass is 9.75. The summed E-state index contributed by atoms with van der Waals surface area (Å²) in [7, 11) is 2.41. The molecule has 18 heavy (non-hydrogen) atoms. The van der Waals surface area contributed by atoms with Gasteiger partial charge in [-0.15, -0.1) is 23.2 Å². The van der Waals surface area contributed by atoms with Gasteiger partial charge in [0.05, 0.1) is 14.2 Å². The molecule has 2 atom stereocenters. The summed E-state index contributed by atoms with van der Waals surface area (Å²) < 4.78 is 9.41. The van der Waals surface area contributed by atoms with Crippen molar-refractivity contribution in [3.63, 3.8) is 0 Å². The summed E-state index contributed by atoms with van der Waals surface area (Å²) in [6, 6.07) is 0. The van der Waals surface area contributed by atoms with Gasteiger partial charge in [0.15, 0.2) is 9.75 Å². The zero-order chi connectivity index (χ0) is 14.7. The van der Waals surface area contributed by atoms with Crippen LogP contribution in [0.1, 0.15) is 27.7 Å². The van der Waals surface area contributed by atoms with Gasteiger partial charge in [-0.05, 0) is 11.8 Å². The van der Waals surface area contributed by atoms with Gasteiger partial charge in [-0.3, -0.25) is 9.59 Å². The standard InChI is InChI=1S/C12H20Cl2O4/c1-7(2)11(13,9(15)17-5)12(14,8(3)4)10(16)18-6/h7-8H,1-6H3. The highest BCUT2D eigenvalue weighted by molar-refractivity contribution is 6.48. The maximum atomic E-state index is 12.0. The third-order valence-corrected chi connectivity index (χ3v) is 4.96. The number of halogens is 2. The molecule has 0 aliphatic heterocycles. The van der Waals surface area contributed by atoms with Crippen molar-refractivity contribution >= 4 is 35.1 Å². The van der Waals surface area contributed by atoms with Crippen LogP contribution in [0.4, 0.5) is 0 Å². The van der Waals surface area contributed by atoms with Crippen LogP contribution >= 0.6 is 23.2 Å². The van der Waals surface area contributed by atoms with E-state index in [9.17, 15) is 9.59 Å². The Kier molecular flexibility index (Phi) is 5.95. The fraction of sp³-hybridized carbons (Fsp3) is 0.833. The van der Waals surface area contributed by atoms with Gasteiger partial charge in [0.25, 0.3) is 0 Å². The van der Waals surface area contributed by atoms with Crippen LogP contribution in [0.2, 0.25) is 0 Å². The Morgan fingerprint density at radius 1 is 0.833 bits per heavy atom. The van der Waals surface area contributed by atoms with E-state index in [2.05, 4.69) is 0 Å². The van der Waals surface area contributed by atoms with Crippen LogP contribution in [0.15, 0.2) is 0 Å². The van der Waals surface area contributed by atoms with Gasteiger partial charge in [0.2, 0.25) is 0 Å². The molecule has 0 aliphatic rings. The molecule has 0 aromatic rings. The van der Waals surface area contributed by atoms with Gasteiger partial charge in [-0.1, -0.05) is 27.7 Å². The normalized spacial score (nSPS) is 18.1. The van der Waals surface area contributed by atoms with Crippen molar-refractivity contribution in [3.05, 3.63) is 0 Å². The molecule has 0 spiro atoms. The molecule has 0 aliphatic carbocycles. The molecule has 0 saturated heterocycles. The number of rotatable bonds is 5. The van der Waals surface area contributed by atoms with Crippen molar-refractivity contribution in [3.8, 4) is 0 Å². The Hall–Kier alpha value is -0.480. The van der Waals surface area contributed by atoms with Gasteiger partial charge in [-0.2, -0.15) is 0 Å². The lowest BCUT2D eigenvalue weighted by Gasteiger charge is -2.42. The molecule has 0 rings (SSSR count). The maximum Gasteiger partial charge on any atom is 0.329 e. The topological polar surface area (TPSA) is 52.6 Å². The van der Waals surface area contributed by atoms with Crippen LogP contribution in [0.5, 0.6) is 0 Å². The molecule has 6 heteroatoms. The number of ether oxygens (including phenoxy) is 2. The van der Waals surface area contributed by atoms with E-state index < -0.39 is 33.5 Å². The average Bonchev–Trinajstić information content (AvgIpc) is 2.33. The lowest BCUT2D eigenvalue weighted by molar-refractivity contribution is -0.157. The van der Waals surface area contributed by atoms with E-state index in [0.29, 0.717) is 0 Å². The Bertz CT molecular complexity index is 298. The summed E-state index contributed by atoms with van der Waals surface area (Å²) in [6.07, 6.45) is 0. The van der Waals surface area contributed by atoms with Crippen LogP contribution in [0, 0.1) is 11.8 Å². The zero-order valence-corrected chi connectivity index (χ0v) is 13.1. The third-order valence-electron chi connectivity index (χ3n) is 3.09. The number of alkyl halides is 2. The summed E-state index contributed by atoms with van der Waals surface area (Å²) in [4.78, 5) is 20.6. The van der Waals surface area contributed by atoms with Crippen LogP contribution in [0.25, 0.3) is 0 Å². The van der Waals surface area contributed by atoms with E-state index in [0.717, 1.165) is 0 Å². The molecule has 0 fully saturated rings. The molecule has 0 radical (unpaired) electrons. The van der Waals surface area contributed by atoms with Crippen molar-refractivity contribution in [1.29, 1.82) is 0 Å². The van der Waals surface area contributed by atoms with E-state index in [1.54, 1.807) is 27.7 Å². The average molecular weight is 299 g/mol. The molecule has 0 saturated carbocycles. The second kappa shape index (κ2) is 6.11. The molecule has 106 valence electrons. The summed E-state index contributed by atoms with van der Waals surface area (Å²) in [5.74, 6) is -2.31. The minimum Gasteiger partial charge on any atom is -0.468 e. The summed E-state index contributed by atoms with van der Waals surface area (Å²) in [5, 5.41) is 0. The fourth-order valence-electron chi connectivity index (χ4n) is 1.91. The summed E-state index contributed by atoms with van der Waals surface area (Å²) in [5.41, 5.74) is 0. The smallest absolute Gasteiger partial charge is 0.329 e. The second-order valence-corrected chi connectivity index (χ2v) is 5.91. The van der Waals surface area contributed by atoms with Crippen LogP contribution in [-0.2, 0) is 19.1 Å². The van der Waals surface area contributed by atoms with Gasteiger partial charge in [-0.25, -0.2) is 0 Å². The van der Waals surface area contributed by atoms with E-state index in [-0.39, 0.29) is 0 Å². The van der Waals surface area contributed by atoms with Crippen molar-refractivity contribution in [2.45, 2.75) is 37.4 Å². The van der Waals surface area contributed by atoms with Crippen LogP contribution in [-0.4, -0.2) is 35.9 Å². The number of carbonyl (C=O) groups is 2. The minimum atomic E-state index is -1.69. The van der Waals surface area contributed by atoms with Crippen molar-refractivity contribution in [1.82, 2.24) is 0 Å². The van der Waals surface area contributed by atoms with Crippen molar-refractivity contribution < 1.29 is 19.1 Å². The maximum absolute atomic E-state index is 12.0. The first-order valence-electron chi connectivity index (χ1n) is 5.65. The predicted octanol–water partition coefficient (Wildman–Crippen LogP) is 2.60. The minimum absolute atomic E-state index is 0.411. The van der Waals surface area contributed by atoms with Crippen LogP contribution in [0.3, 0.4) is 0 Å². The molecule has 0 aromatic heterocycles. The Morgan fingerprint density at radius 2 is 1.06 bits per heavy atom. The molecule has 0 amide bonds. The molecule has 0 heterocycles. The molecule has 0 aromatic carbocycles. The zero-order valence-electron chi connectivity index (χ0n) is 11.5. The molecular weight excluding hydrogens is 279 g/mol. The van der Waals surface area contributed by atoms with Crippen molar-refractivity contribution in [2.24, 2.45) is 11.8 Å². The lowest BCUT2D eigenvalue weighted by Crippen LogP contribution is -2.63. The molecule has 0 N–H and O–H groups in total. The number of hydrogen-bond donors (Lipinski definition) is 0. The van der Waals surface area contributed by atoms with Gasteiger partial charge in [0.1, 0.15) is 0 Å². The number of esters is 2. The molecule has 0 bridgehead atoms. The first-order valence-corrected chi connectivity index (χ1v) is 6.40. The largest absolute Gasteiger partial charge is 0.468 e. The number of methoxy groups -OCH3 is 2. The summed E-state index contributed by atoms with van der Waals surface area (Å²) in [6.45, 7) is 6.80. The van der Waals surface area contributed by atoms with Crippen LogP contribution < -0.4 is 0 Å². The van der Waals surface area contributed by atoms with E-state index in [1.165, 1.54) is 14.2 Å². The van der Waals surface area contributed by atoms with Crippen molar-refractivity contribution in [2.75, 3.05) is 14.2 Å². The van der Waals surface area contributed by atoms with Gasteiger partial charge < -0.3 is 9.47 Å². The Labute approximate surface area is 118 Å². The molecular formula is C12H20Cl2O4. The Morgan fingerprint density at radius 3 is 1.17 bits per heavy atom. The van der Waals surface area contributed by atoms with E-state index >= 15 is 0 Å². The fourth-order valence-corrected chi connectivity index (χ4v) is 2.65. The monoisotopic (exact) mass is 298 g/mol. The number of hydrogen-bond acceptors (Lipinski definition) is 4. The van der Waals surface area contributed by atoms with E-state index in [1.807, 2.05) is 0 Å². The first kappa shape index (κ1) is 17.5. The highest BCUT2D eigenvalue weighted by Gasteiger charge is 2.64. The van der Waals surface area contributed by atoms with Gasteiger partial charge >= 0.3 is 11.9 Å². The highest BCUT2D eigenvalue weighted by atomic mass is 35.5. The molecule has 4 nitrogen and oxygen atoms in total. The van der Waals surface area contributed by atoms with Gasteiger partial charge in [0, 0.05) is 0 Å².